The highest BCUT2D eigenvalue weighted by atomic mass is 19.4. The summed E-state index contributed by atoms with van der Waals surface area (Å²) in [6.45, 7) is 0.398. The molecule has 2 N–H and O–H groups in total. The number of oxime groups is 1. The largest absolute Gasteiger partial charge is 0.426 e. The van der Waals surface area contributed by atoms with Gasteiger partial charge in [0.2, 0.25) is 5.60 Å². The highest BCUT2D eigenvalue weighted by Crippen LogP contribution is 2.31. The van der Waals surface area contributed by atoms with Crippen LogP contribution in [0.25, 0.3) is 0 Å². The lowest BCUT2D eigenvalue weighted by Crippen LogP contribution is -2.52. The molecular formula is C18H17F3N2O3. The third kappa shape index (κ3) is 4.20. The van der Waals surface area contributed by atoms with Crippen molar-refractivity contribution in [3.05, 3.63) is 65.7 Å². The van der Waals surface area contributed by atoms with E-state index < -0.39 is 17.7 Å². The van der Waals surface area contributed by atoms with Gasteiger partial charge in [0.05, 0.1) is 0 Å². The van der Waals surface area contributed by atoms with Crippen LogP contribution >= 0.6 is 0 Å². The molecule has 0 aliphatic heterocycles. The van der Waals surface area contributed by atoms with Crippen molar-refractivity contribution in [1.82, 2.24) is 0 Å². The summed E-state index contributed by atoms with van der Waals surface area (Å²) in [6, 6.07) is 15.1. The monoisotopic (exact) mass is 366 g/mol. The first-order valence-corrected chi connectivity index (χ1v) is 7.54. The van der Waals surface area contributed by atoms with Gasteiger partial charge in [0.25, 0.3) is 5.91 Å². The summed E-state index contributed by atoms with van der Waals surface area (Å²) >= 11 is 0. The molecule has 0 bridgehead atoms. The second-order valence-electron chi connectivity index (χ2n) is 5.59. The molecule has 0 radical (unpaired) electrons. The van der Waals surface area contributed by atoms with Gasteiger partial charge in [-0.3, -0.25) is 4.79 Å². The van der Waals surface area contributed by atoms with Crippen LogP contribution in [0.1, 0.15) is 18.1 Å². The first kappa shape index (κ1) is 19.5. The van der Waals surface area contributed by atoms with Crippen molar-refractivity contribution in [2.24, 2.45) is 5.16 Å². The van der Waals surface area contributed by atoms with E-state index in [1.165, 1.54) is 19.2 Å². The van der Waals surface area contributed by atoms with Crippen LogP contribution < -0.4 is 5.32 Å². The second-order valence-corrected chi connectivity index (χ2v) is 5.59. The third-order valence-electron chi connectivity index (χ3n) is 3.64. The number of carbonyl (C=O) groups excluding carboxylic acids is 1. The number of carbonyl (C=O) groups is 1. The van der Waals surface area contributed by atoms with E-state index in [0.29, 0.717) is 18.2 Å². The number of rotatable bonds is 5. The molecule has 2 rings (SSSR count). The lowest BCUT2D eigenvalue weighted by atomic mass is 10.0. The van der Waals surface area contributed by atoms with Crippen molar-refractivity contribution < 1.29 is 27.9 Å². The molecule has 0 spiro atoms. The summed E-state index contributed by atoms with van der Waals surface area (Å²) < 4.78 is 38.1. The zero-order chi connectivity index (χ0) is 19.4. The molecule has 0 saturated heterocycles. The van der Waals surface area contributed by atoms with Gasteiger partial charge in [-0.05, 0) is 19.1 Å². The van der Waals surface area contributed by atoms with Crippen LogP contribution in [0.15, 0.2) is 59.8 Å². The molecule has 1 unspecified atom stereocenters. The van der Waals surface area contributed by atoms with Crippen LogP contribution in [0.3, 0.4) is 0 Å². The van der Waals surface area contributed by atoms with Crippen LogP contribution in [0.5, 0.6) is 0 Å². The SMILES string of the molecule is CO/N=C(\c1ccccc1)c1ccc(NC(=O)C(C)(O)C(F)(F)F)cc1. The molecule has 8 heteroatoms. The Labute approximate surface area is 148 Å². The van der Waals surface area contributed by atoms with E-state index >= 15 is 0 Å². The average molecular weight is 366 g/mol. The molecule has 0 aliphatic carbocycles. The molecule has 2 aromatic rings. The number of anilines is 1. The number of hydrogen-bond donors (Lipinski definition) is 2. The molecular weight excluding hydrogens is 349 g/mol. The normalized spacial score (nSPS) is 14.5. The highest BCUT2D eigenvalue weighted by molar-refractivity contribution is 6.12. The molecule has 0 aromatic heterocycles. The predicted molar refractivity (Wildman–Crippen MR) is 90.8 cm³/mol. The molecule has 0 fully saturated rings. The lowest BCUT2D eigenvalue weighted by molar-refractivity contribution is -0.242. The maximum atomic E-state index is 12.7. The maximum Gasteiger partial charge on any atom is 0.426 e. The third-order valence-corrected chi connectivity index (χ3v) is 3.64. The highest BCUT2D eigenvalue weighted by Gasteiger charge is 2.55. The fourth-order valence-corrected chi connectivity index (χ4v) is 2.05. The van der Waals surface area contributed by atoms with Gasteiger partial charge in [0.1, 0.15) is 12.8 Å². The molecule has 5 nitrogen and oxygen atoms in total. The van der Waals surface area contributed by atoms with E-state index in [0.717, 1.165) is 5.56 Å². The number of benzene rings is 2. The van der Waals surface area contributed by atoms with Gasteiger partial charge in [0.15, 0.2) is 0 Å². The predicted octanol–water partition coefficient (Wildman–Crippen LogP) is 3.34. The summed E-state index contributed by atoms with van der Waals surface area (Å²) in [4.78, 5) is 16.5. The Hall–Kier alpha value is -2.87. The van der Waals surface area contributed by atoms with Gasteiger partial charge in [-0.2, -0.15) is 13.2 Å². The van der Waals surface area contributed by atoms with Crippen molar-refractivity contribution >= 4 is 17.3 Å². The zero-order valence-corrected chi connectivity index (χ0v) is 14.0. The summed E-state index contributed by atoms with van der Waals surface area (Å²) in [5.74, 6) is -1.56. The fourth-order valence-electron chi connectivity index (χ4n) is 2.05. The Balaban J connectivity index is 2.23. The van der Waals surface area contributed by atoms with Crippen molar-refractivity contribution in [3.8, 4) is 0 Å². The summed E-state index contributed by atoms with van der Waals surface area (Å²) in [5, 5.41) is 15.4. The number of alkyl halides is 3. The Morgan fingerprint density at radius 3 is 2.08 bits per heavy atom. The second kappa shape index (κ2) is 7.57. The van der Waals surface area contributed by atoms with Crippen molar-refractivity contribution in [1.29, 1.82) is 0 Å². The van der Waals surface area contributed by atoms with E-state index in [-0.39, 0.29) is 5.69 Å². The molecule has 1 atom stereocenters. The van der Waals surface area contributed by atoms with Crippen LogP contribution in [0.2, 0.25) is 0 Å². The Kier molecular flexibility index (Phi) is 5.66. The number of halogens is 3. The van der Waals surface area contributed by atoms with Crippen LogP contribution in [0, 0.1) is 0 Å². The quantitative estimate of drug-likeness (QED) is 0.630. The summed E-state index contributed by atoms with van der Waals surface area (Å²) in [5.41, 5.74) is -1.44. The number of aliphatic hydroxyl groups is 1. The van der Waals surface area contributed by atoms with Crippen LogP contribution in [-0.4, -0.2) is 35.6 Å². The summed E-state index contributed by atoms with van der Waals surface area (Å²) in [7, 11) is 1.40. The molecule has 1 amide bonds. The van der Waals surface area contributed by atoms with Gasteiger partial charge in [-0.25, -0.2) is 0 Å². The lowest BCUT2D eigenvalue weighted by Gasteiger charge is -2.24. The minimum Gasteiger partial charge on any atom is -0.399 e. The van der Waals surface area contributed by atoms with E-state index in [1.807, 2.05) is 35.6 Å². The topological polar surface area (TPSA) is 70.9 Å². The van der Waals surface area contributed by atoms with Gasteiger partial charge in [-0.1, -0.05) is 47.6 Å². The molecule has 0 aliphatic rings. The van der Waals surface area contributed by atoms with Gasteiger partial charge in [0, 0.05) is 16.8 Å². The molecule has 26 heavy (non-hydrogen) atoms. The molecule has 0 saturated carbocycles. The number of nitrogens with zero attached hydrogens (tertiary/aromatic N) is 1. The number of amides is 1. The first-order chi connectivity index (χ1) is 12.2. The molecule has 0 heterocycles. The smallest absolute Gasteiger partial charge is 0.399 e. The Bertz CT molecular complexity index is 786. The van der Waals surface area contributed by atoms with E-state index in [9.17, 15) is 23.1 Å². The maximum absolute atomic E-state index is 12.7. The minimum absolute atomic E-state index is 0.105. The molecule has 138 valence electrons. The summed E-state index contributed by atoms with van der Waals surface area (Å²) in [6.07, 6.45) is -5.08. The number of hydrogen-bond acceptors (Lipinski definition) is 4. The minimum atomic E-state index is -5.08. The van der Waals surface area contributed by atoms with Crippen LogP contribution in [-0.2, 0) is 9.63 Å². The van der Waals surface area contributed by atoms with E-state index in [4.69, 9.17) is 4.84 Å². The first-order valence-electron chi connectivity index (χ1n) is 7.54. The van der Waals surface area contributed by atoms with Crippen molar-refractivity contribution in [2.45, 2.75) is 18.7 Å². The van der Waals surface area contributed by atoms with Gasteiger partial charge >= 0.3 is 6.18 Å². The van der Waals surface area contributed by atoms with Gasteiger partial charge in [-0.15, -0.1) is 0 Å². The van der Waals surface area contributed by atoms with Gasteiger partial charge < -0.3 is 15.3 Å². The standard InChI is InChI=1S/C18H17F3N2O3/c1-17(25,18(19,20)21)16(24)22-14-10-8-13(9-11-14)15(23-26-2)12-6-4-3-5-7-12/h3-11,25H,1-2H3,(H,22,24)/b23-15+. The molecule has 2 aromatic carbocycles. The fraction of sp³-hybridized carbons (Fsp3) is 0.222. The number of nitrogens with one attached hydrogen (secondary N) is 1. The Morgan fingerprint density at radius 2 is 1.58 bits per heavy atom. The van der Waals surface area contributed by atoms with Crippen molar-refractivity contribution in [3.63, 3.8) is 0 Å². The Morgan fingerprint density at radius 1 is 1.04 bits per heavy atom. The average Bonchev–Trinajstić information content (AvgIpc) is 2.60. The van der Waals surface area contributed by atoms with Crippen LogP contribution in [0.4, 0.5) is 18.9 Å². The van der Waals surface area contributed by atoms with E-state index in [2.05, 4.69) is 5.16 Å². The zero-order valence-electron chi connectivity index (χ0n) is 14.0. The van der Waals surface area contributed by atoms with E-state index in [1.54, 1.807) is 12.1 Å². The van der Waals surface area contributed by atoms with Crippen molar-refractivity contribution in [2.75, 3.05) is 12.4 Å².